The van der Waals surface area contributed by atoms with E-state index in [0.29, 0.717) is 35.0 Å². The van der Waals surface area contributed by atoms with E-state index >= 15 is 0 Å². The van der Waals surface area contributed by atoms with E-state index in [1.165, 1.54) is 0 Å². The van der Waals surface area contributed by atoms with E-state index in [9.17, 15) is 14.4 Å². The maximum Gasteiger partial charge on any atom is 0.349 e. The van der Waals surface area contributed by atoms with Crippen molar-refractivity contribution in [1.82, 2.24) is 5.32 Å². The molecular weight excluding hydrogens is 368 g/mol. The van der Waals surface area contributed by atoms with Crippen molar-refractivity contribution in [2.45, 2.75) is 52.9 Å². The molecule has 29 heavy (non-hydrogen) atoms. The number of hydrogen-bond donors (Lipinski definition) is 2. The minimum Gasteiger partial charge on any atom is -0.427 e. The van der Waals surface area contributed by atoms with Crippen LogP contribution in [0, 0.1) is 19.8 Å². The van der Waals surface area contributed by atoms with Gasteiger partial charge in [-0.2, -0.15) is 0 Å². The van der Waals surface area contributed by atoms with Crippen LogP contribution in [-0.2, 0) is 0 Å². The molecule has 0 spiro atoms. The first-order chi connectivity index (χ1) is 13.8. The molecule has 3 rings (SSSR count). The van der Waals surface area contributed by atoms with Gasteiger partial charge in [-0.15, -0.1) is 0 Å². The second-order valence-corrected chi connectivity index (χ2v) is 8.21. The summed E-state index contributed by atoms with van der Waals surface area (Å²) < 4.78 is 5.41. The Kier molecular flexibility index (Phi) is 6.20. The first-order valence-corrected chi connectivity index (χ1v) is 10.1. The lowest BCUT2D eigenvalue weighted by molar-refractivity contribution is 0.0948. The monoisotopic (exact) mass is 396 g/mol. The first kappa shape index (κ1) is 20.8. The second kappa shape index (κ2) is 8.64. The first-order valence-electron chi connectivity index (χ1n) is 10.1. The Balaban J connectivity index is 1.75. The second-order valence-electron chi connectivity index (χ2n) is 8.21. The summed E-state index contributed by atoms with van der Waals surface area (Å²) in [6, 6.07) is 6.86. The van der Waals surface area contributed by atoms with E-state index in [1.807, 2.05) is 20.8 Å². The summed E-state index contributed by atoms with van der Waals surface area (Å²) >= 11 is 0. The quantitative estimate of drug-likeness (QED) is 0.767. The SMILES string of the molecule is Cc1cc(C(=O)NCC(C)C)ccc1NC(=O)c1c(C)cc(C2CCC2)oc1=O. The molecular formula is C23H28N2O4. The number of nitrogens with one attached hydrogen (secondary N) is 2. The lowest BCUT2D eigenvalue weighted by Crippen LogP contribution is -2.27. The van der Waals surface area contributed by atoms with Gasteiger partial charge < -0.3 is 15.1 Å². The zero-order valence-corrected chi connectivity index (χ0v) is 17.4. The number of anilines is 1. The maximum absolute atomic E-state index is 12.7. The van der Waals surface area contributed by atoms with Crippen LogP contribution >= 0.6 is 0 Å². The standard InChI is InChI=1S/C23H28N2O4/c1-13(2)12-24-21(26)17-8-9-18(14(3)10-17)25-22(27)20-15(4)11-19(29-23(20)28)16-6-5-7-16/h8-11,13,16H,5-7,12H2,1-4H3,(H,24,26)(H,25,27). The van der Waals surface area contributed by atoms with Crippen LogP contribution in [0.25, 0.3) is 0 Å². The molecule has 1 fully saturated rings. The molecule has 1 saturated carbocycles. The number of amides is 2. The Hall–Kier alpha value is -2.89. The van der Waals surface area contributed by atoms with Crippen molar-refractivity contribution in [3.8, 4) is 0 Å². The molecule has 2 N–H and O–H groups in total. The third-order valence-electron chi connectivity index (χ3n) is 5.31. The molecule has 1 aliphatic rings. The Morgan fingerprint density at radius 2 is 1.83 bits per heavy atom. The number of rotatable bonds is 6. The molecule has 1 aromatic carbocycles. The smallest absolute Gasteiger partial charge is 0.349 e. The number of carbonyl (C=O) groups is 2. The van der Waals surface area contributed by atoms with E-state index in [-0.39, 0.29) is 17.4 Å². The van der Waals surface area contributed by atoms with Crippen molar-refractivity contribution in [2.75, 3.05) is 11.9 Å². The Morgan fingerprint density at radius 1 is 1.10 bits per heavy atom. The normalized spacial score (nSPS) is 13.8. The Labute approximate surface area is 170 Å². The predicted molar refractivity (Wildman–Crippen MR) is 113 cm³/mol. The van der Waals surface area contributed by atoms with Crippen molar-refractivity contribution in [1.29, 1.82) is 0 Å². The van der Waals surface area contributed by atoms with Gasteiger partial charge in [0.1, 0.15) is 11.3 Å². The van der Waals surface area contributed by atoms with E-state index in [1.54, 1.807) is 31.2 Å². The molecule has 0 unspecified atom stereocenters. The van der Waals surface area contributed by atoms with Gasteiger partial charge in [0.25, 0.3) is 11.8 Å². The van der Waals surface area contributed by atoms with Crippen LogP contribution in [-0.4, -0.2) is 18.4 Å². The van der Waals surface area contributed by atoms with Crippen molar-refractivity contribution >= 4 is 17.5 Å². The van der Waals surface area contributed by atoms with Crippen molar-refractivity contribution < 1.29 is 14.0 Å². The fourth-order valence-corrected chi connectivity index (χ4v) is 3.33. The summed E-state index contributed by atoms with van der Waals surface area (Å²) in [6.45, 7) is 8.22. The van der Waals surface area contributed by atoms with Gasteiger partial charge in [-0.25, -0.2) is 4.79 Å². The lowest BCUT2D eigenvalue weighted by Gasteiger charge is -2.24. The number of hydrogen-bond acceptors (Lipinski definition) is 4. The molecule has 1 aliphatic carbocycles. The maximum atomic E-state index is 12.7. The van der Waals surface area contributed by atoms with Crippen LogP contribution in [0.5, 0.6) is 0 Å². The van der Waals surface area contributed by atoms with E-state index in [2.05, 4.69) is 10.6 Å². The number of carbonyl (C=O) groups excluding carboxylic acids is 2. The van der Waals surface area contributed by atoms with Gasteiger partial charge in [0, 0.05) is 23.7 Å². The highest BCUT2D eigenvalue weighted by Crippen LogP contribution is 2.36. The van der Waals surface area contributed by atoms with Crippen LogP contribution in [0.1, 0.15) is 76.6 Å². The highest BCUT2D eigenvalue weighted by atomic mass is 16.4. The van der Waals surface area contributed by atoms with Crippen molar-refractivity contribution in [2.24, 2.45) is 5.92 Å². The molecule has 1 aromatic heterocycles. The van der Waals surface area contributed by atoms with Gasteiger partial charge in [-0.1, -0.05) is 20.3 Å². The molecule has 0 aliphatic heterocycles. The van der Waals surface area contributed by atoms with Gasteiger partial charge in [-0.3, -0.25) is 9.59 Å². The van der Waals surface area contributed by atoms with Crippen LogP contribution < -0.4 is 16.3 Å². The topological polar surface area (TPSA) is 88.4 Å². The van der Waals surface area contributed by atoms with Crippen LogP contribution in [0.15, 0.2) is 33.5 Å². The molecule has 0 bridgehead atoms. The van der Waals surface area contributed by atoms with Crippen LogP contribution in [0.4, 0.5) is 5.69 Å². The largest absolute Gasteiger partial charge is 0.427 e. The fourth-order valence-electron chi connectivity index (χ4n) is 3.33. The molecule has 154 valence electrons. The molecule has 0 saturated heterocycles. The average Bonchev–Trinajstić information content (AvgIpc) is 2.59. The molecule has 2 aromatic rings. The van der Waals surface area contributed by atoms with Crippen LogP contribution in [0.2, 0.25) is 0 Å². The van der Waals surface area contributed by atoms with Gasteiger partial charge in [0.15, 0.2) is 0 Å². The fraction of sp³-hybridized carbons (Fsp3) is 0.435. The summed E-state index contributed by atoms with van der Waals surface area (Å²) in [5.74, 6) is 0.668. The highest BCUT2D eigenvalue weighted by molar-refractivity contribution is 6.05. The predicted octanol–water partition coefficient (Wildman–Crippen LogP) is 4.16. The average molecular weight is 396 g/mol. The van der Waals surface area contributed by atoms with Gasteiger partial charge in [0.2, 0.25) is 0 Å². The third-order valence-corrected chi connectivity index (χ3v) is 5.31. The van der Waals surface area contributed by atoms with Crippen molar-refractivity contribution in [3.05, 3.63) is 62.7 Å². The lowest BCUT2D eigenvalue weighted by atomic mass is 9.83. The van der Waals surface area contributed by atoms with E-state index < -0.39 is 11.5 Å². The van der Waals surface area contributed by atoms with Gasteiger partial charge in [-0.05, 0) is 68.0 Å². The Bertz CT molecular complexity index is 987. The van der Waals surface area contributed by atoms with Gasteiger partial charge in [0.05, 0.1) is 0 Å². The Morgan fingerprint density at radius 3 is 2.38 bits per heavy atom. The summed E-state index contributed by atoms with van der Waals surface area (Å²) in [6.07, 6.45) is 3.18. The van der Waals surface area contributed by atoms with Gasteiger partial charge >= 0.3 is 5.63 Å². The molecule has 1 heterocycles. The minimum atomic E-state index is -0.605. The zero-order valence-electron chi connectivity index (χ0n) is 17.4. The summed E-state index contributed by atoms with van der Waals surface area (Å²) in [5.41, 5.74) is 1.85. The summed E-state index contributed by atoms with van der Waals surface area (Å²) in [4.78, 5) is 37.3. The molecule has 0 radical (unpaired) electrons. The van der Waals surface area contributed by atoms with Crippen LogP contribution in [0.3, 0.4) is 0 Å². The molecule has 2 amide bonds. The molecule has 6 nitrogen and oxygen atoms in total. The zero-order chi connectivity index (χ0) is 21.1. The minimum absolute atomic E-state index is 0.0197. The summed E-state index contributed by atoms with van der Waals surface area (Å²) in [7, 11) is 0. The van der Waals surface area contributed by atoms with Crippen molar-refractivity contribution in [3.63, 3.8) is 0 Å². The summed E-state index contributed by atoms with van der Waals surface area (Å²) in [5, 5.41) is 5.64. The number of benzene rings is 1. The third kappa shape index (κ3) is 4.75. The van der Waals surface area contributed by atoms with E-state index in [0.717, 1.165) is 24.8 Å². The molecule has 6 heteroatoms. The highest BCUT2D eigenvalue weighted by Gasteiger charge is 2.25. The van der Waals surface area contributed by atoms with E-state index in [4.69, 9.17) is 4.42 Å². The molecule has 0 atom stereocenters. The number of aryl methyl sites for hydroxylation is 2.